The van der Waals surface area contributed by atoms with Gasteiger partial charge in [-0.1, -0.05) is 18.2 Å². The highest BCUT2D eigenvalue weighted by molar-refractivity contribution is 7.88. The van der Waals surface area contributed by atoms with E-state index in [1.165, 1.54) is 10.6 Å². The van der Waals surface area contributed by atoms with Crippen LogP contribution in [-0.2, 0) is 28.4 Å². The normalized spacial score (nSPS) is 15.7. The molecule has 0 bridgehead atoms. The summed E-state index contributed by atoms with van der Waals surface area (Å²) in [6.45, 7) is 2.87. The number of amides is 1. The molecule has 1 N–H and O–H groups in total. The van der Waals surface area contributed by atoms with Crippen molar-refractivity contribution in [3.05, 3.63) is 54.4 Å². The van der Waals surface area contributed by atoms with Crippen molar-refractivity contribution >= 4 is 32.7 Å². The maximum absolute atomic E-state index is 12.2. The van der Waals surface area contributed by atoms with Gasteiger partial charge in [-0.05, 0) is 30.3 Å². The van der Waals surface area contributed by atoms with Crippen LogP contribution in [0.15, 0.2) is 48.5 Å². The van der Waals surface area contributed by atoms with Gasteiger partial charge >= 0.3 is 0 Å². The van der Waals surface area contributed by atoms with Gasteiger partial charge in [-0.25, -0.2) is 13.4 Å². The van der Waals surface area contributed by atoms with Gasteiger partial charge in [0.15, 0.2) is 6.61 Å². The summed E-state index contributed by atoms with van der Waals surface area (Å²) in [7, 11) is -1.18. The average molecular weight is 458 g/mol. The summed E-state index contributed by atoms with van der Waals surface area (Å²) in [6.07, 6.45) is 1.25. The number of fused-ring (bicyclic) bond motifs is 1. The molecule has 3 aromatic rings. The number of benzene rings is 2. The lowest BCUT2D eigenvalue weighted by Crippen LogP contribution is -2.48. The number of ether oxygens (including phenoxy) is 1. The van der Waals surface area contributed by atoms with Gasteiger partial charge in [0.25, 0.3) is 5.91 Å². The summed E-state index contributed by atoms with van der Waals surface area (Å²) in [5.74, 6) is 1.29. The molecule has 1 saturated heterocycles. The van der Waals surface area contributed by atoms with Crippen molar-refractivity contribution in [2.45, 2.75) is 6.54 Å². The molecule has 0 aliphatic carbocycles. The highest BCUT2D eigenvalue weighted by Gasteiger charge is 2.24. The molecular formula is C22H27N5O4S. The molecule has 1 aliphatic heterocycles. The van der Waals surface area contributed by atoms with Gasteiger partial charge < -0.3 is 14.6 Å². The summed E-state index contributed by atoms with van der Waals surface area (Å²) in [5, 5.41) is 2.85. The number of piperazine rings is 1. The Kier molecular flexibility index (Phi) is 6.45. The number of aromatic nitrogens is 2. The lowest BCUT2D eigenvalue weighted by atomic mass is 10.2. The number of nitrogens with zero attached hydrogens (tertiary/aromatic N) is 4. The molecule has 0 unspecified atom stereocenters. The first kappa shape index (κ1) is 22.3. The molecule has 4 rings (SSSR count). The van der Waals surface area contributed by atoms with E-state index in [2.05, 4.69) is 10.2 Å². The third-order valence-corrected chi connectivity index (χ3v) is 6.84. The second-order valence-electron chi connectivity index (χ2n) is 7.88. The van der Waals surface area contributed by atoms with Crippen LogP contribution in [0.3, 0.4) is 0 Å². The number of rotatable bonds is 7. The zero-order valence-corrected chi connectivity index (χ0v) is 19.0. The van der Waals surface area contributed by atoms with E-state index < -0.39 is 10.0 Å². The van der Waals surface area contributed by atoms with Crippen LogP contribution in [0.2, 0.25) is 0 Å². The van der Waals surface area contributed by atoms with Gasteiger partial charge in [0, 0.05) is 38.9 Å². The van der Waals surface area contributed by atoms with Crippen LogP contribution in [0.25, 0.3) is 11.0 Å². The van der Waals surface area contributed by atoms with Crippen molar-refractivity contribution in [2.24, 2.45) is 7.05 Å². The highest BCUT2D eigenvalue weighted by atomic mass is 32.2. The van der Waals surface area contributed by atoms with Gasteiger partial charge in [0.1, 0.15) is 11.6 Å². The fourth-order valence-electron chi connectivity index (χ4n) is 3.75. The van der Waals surface area contributed by atoms with Crippen LogP contribution in [0.5, 0.6) is 5.75 Å². The molecule has 1 aromatic heterocycles. The van der Waals surface area contributed by atoms with Crippen LogP contribution in [0.4, 0.5) is 5.69 Å². The average Bonchev–Trinajstić information content (AvgIpc) is 3.07. The molecular weight excluding hydrogens is 430 g/mol. The van der Waals surface area contributed by atoms with E-state index in [1.54, 1.807) is 12.1 Å². The standard InChI is InChI=1S/C22H27N5O4S/c1-25-20-9-8-17(23-22(28)16-31-18-6-4-3-5-7-18)14-19(20)24-21(25)15-26-10-12-27(13-11-26)32(2,29)30/h3-9,14H,10-13,15-16H2,1-2H3,(H,23,28). The number of nitrogens with one attached hydrogen (secondary N) is 1. The SMILES string of the molecule is Cn1c(CN2CCN(S(C)(=O)=O)CC2)nc2cc(NC(=O)COc3ccccc3)ccc21. The van der Waals surface area contributed by atoms with E-state index in [0.29, 0.717) is 44.2 Å². The zero-order chi connectivity index (χ0) is 22.7. The van der Waals surface area contributed by atoms with Gasteiger partial charge in [0.05, 0.1) is 23.8 Å². The Labute approximate surface area is 187 Å². The summed E-state index contributed by atoms with van der Waals surface area (Å²) >= 11 is 0. The van der Waals surface area contributed by atoms with E-state index in [9.17, 15) is 13.2 Å². The minimum atomic E-state index is -3.14. The summed E-state index contributed by atoms with van der Waals surface area (Å²) in [4.78, 5) is 19.2. The number of sulfonamides is 1. The maximum atomic E-state index is 12.2. The van der Waals surface area contributed by atoms with Crippen LogP contribution in [0.1, 0.15) is 5.82 Å². The molecule has 1 fully saturated rings. The first-order valence-electron chi connectivity index (χ1n) is 10.4. The number of para-hydroxylation sites is 1. The number of carbonyl (C=O) groups excluding carboxylic acids is 1. The monoisotopic (exact) mass is 457 g/mol. The number of aryl methyl sites for hydroxylation is 1. The molecule has 1 amide bonds. The number of hydrogen-bond donors (Lipinski definition) is 1. The fraction of sp³-hybridized carbons (Fsp3) is 0.364. The van der Waals surface area contributed by atoms with Crippen molar-refractivity contribution in [2.75, 3.05) is 44.4 Å². The van der Waals surface area contributed by atoms with E-state index in [-0.39, 0.29) is 12.5 Å². The van der Waals surface area contributed by atoms with Crippen molar-refractivity contribution < 1.29 is 17.9 Å². The molecule has 0 saturated carbocycles. The molecule has 0 radical (unpaired) electrons. The lowest BCUT2D eigenvalue weighted by molar-refractivity contribution is -0.118. The molecule has 2 heterocycles. The largest absolute Gasteiger partial charge is 0.484 e. The van der Waals surface area contributed by atoms with Gasteiger partial charge in [-0.15, -0.1) is 0 Å². The zero-order valence-electron chi connectivity index (χ0n) is 18.2. The first-order valence-corrected chi connectivity index (χ1v) is 12.2. The quantitative estimate of drug-likeness (QED) is 0.580. The highest BCUT2D eigenvalue weighted by Crippen LogP contribution is 2.21. The molecule has 0 atom stereocenters. The Balaban J connectivity index is 1.38. The van der Waals surface area contributed by atoms with Gasteiger partial charge in [-0.2, -0.15) is 4.31 Å². The Morgan fingerprint density at radius 1 is 1.09 bits per heavy atom. The van der Waals surface area contributed by atoms with Crippen LogP contribution in [-0.4, -0.2) is 72.1 Å². The predicted molar refractivity (Wildman–Crippen MR) is 123 cm³/mol. The molecule has 0 spiro atoms. The third kappa shape index (κ3) is 5.26. The lowest BCUT2D eigenvalue weighted by Gasteiger charge is -2.32. The Bertz CT molecular complexity index is 1200. The minimum absolute atomic E-state index is 0.0744. The van der Waals surface area contributed by atoms with Crippen LogP contribution < -0.4 is 10.1 Å². The molecule has 2 aromatic carbocycles. The summed E-state index contributed by atoms with van der Waals surface area (Å²) in [6, 6.07) is 14.8. The van der Waals surface area contributed by atoms with E-state index in [1.807, 2.05) is 48.0 Å². The predicted octanol–water partition coefficient (Wildman–Crippen LogP) is 1.67. The molecule has 9 nitrogen and oxygen atoms in total. The Morgan fingerprint density at radius 2 is 1.81 bits per heavy atom. The number of carbonyl (C=O) groups is 1. The van der Waals surface area contributed by atoms with Gasteiger partial charge in [-0.3, -0.25) is 9.69 Å². The number of imidazole rings is 1. The maximum Gasteiger partial charge on any atom is 0.262 e. The van der Waals surface area contributed by atoms with Crippen LogP contribution in [0, 0.1) is 0 Å². The third-order valence-electron chi connectivity index (χ3n) is 5.54. The van der Waals surface area contributed by atoms with Crippen molar-refractivity contribution in [1.82, 2.24) is 18.8 Å². The first-order chi connectivity index (χ1) is 15.3. The summed E-state index contributed by atoms with van der Waals surface area (Å²) in [5.41, 5.74) is 2.41. The van der Waals surface area contributed by atoms with Crippen molar-refractivity contribution in [3.8, 4) is 5.75 Å². The molecule has 10 heteroatoms. The van der Waals surface area contributed by atoms with Gasteiger partial charge in [0.2, 0.25) is 10.0 Å². The molecule has 170 valence electrons. The topological polar surface area (TPSA) is 96.8 Å². The molecule has 32 heavy (non-hydrogen) atoms. The van der Waals surface area contributed by atoms with E-state index >= 15 is 0 Å². The minimum Gasteiger partial charge on any atom is -0.484 e. The summed E-state index contributed by atoms with van der Waals surface area (Å²) < 4.78 is 32.4. The van der Waals surface area contributed by atoms with Crippen LogP contribution >= 0.6 is 0 Å². The smallest absolute Gasteiger partial charge is 0.262 e. The number of hydrogen-bond acceptors (Lipinski definition) is 6. The molecule has 1 aliphatic rings. The number of anilines is 1. The fourth-order valence-corrected chi connectivity index (χ4v) is 4.58. The Morgan fingerprint density at radius 3 is 2.50 bits per heavy atom. The van der Waals surface area contributed by atoms with Crippen molar-refractivity contribution in [3.63, 3.8) is 0 Å². The second kappa shape index (κ2) is 9.27. The Hall–Kier alpha value is -2.95. The van der Waals surface area contributed by atoms with E-state index in [4.69, 9.17) is 9.72 Å². The van der Waals surface area contributed by atoms with E-state index in [0.717, 1.165) is 16.9 Å². The van der Waals surface area contributed by atoms with Crippen molar-refractivity contribution in [1.29, 1.82) is 0 Å². The second-order valence-corrected chi connectivity index (χ2v) is 9.86.